The summed E-state index contributed by atoms with van der Waals surface area (Å²) in [5.41, 5.74) is 17.2. The summed E-state index contributed by atoms with van der Waals surface area (Å²) in [6.07, 6.45) is 0. The molecule has 154 valence electrons. The number of benzene rings is 2. The first-order chi connectivity index (χ1) is 14.5. The highest BCUT2D eigenvalue weighted by Gasteiger charge is 2.18. The maximum atomic E-state index is 12.6. The molecule has 0 saturated carbocycles. The van der Waals surface area contributed by atoms with Crippen molar-refractivity contribution in [2.75, 3.05) is 16.6 Å². The number of anilines is 3. The van der Waals surface area contributed by atoms with Crippen LogP contribution in [0.3, 0.4) is 0 Å². The van der Waals surface area contributed by atoms with E-state index in [9.17, 15) is 4.79 Å². The average molecular weight is 425 g/mol. The van der Waals surface area contributed by atoms with Gasteiger partial charge >= 0.3 is 0 Å². The van der Waals surface area contributed by atoms with Crippen LogP contribution in [-0.2, 0) is 6.61 Å². The van der Waals surface area contributed by atoms with E-state index in [1.54, 1.807) is 24.3 Å². The highest BCUT2D eigenvalue weighted by atomic mass is 35.5. The summed E-state index contributed by atoms with van der Waals surface area (Å²) in [7, 11) is 0. The summed E-state index contributed by atoms with van der Waals surface area (Å²) in [4.78, 5) is 16.7. The van der Waals surface area contributed by atoms with Gasteiger partial charge < -0.3 is 15.8 Å². The van der Waals surface area contributed by atoms with Crippen LogP contribution >= 0.6 is 11.6 Å². The van der Waals surface area contributed by atoms with Crippen molar-refractivity contribution in [3.8, 4) is 5.75 Å². The fraction of sp³-hybridized carbons (Fsp3) is 0.143. The zero-order valence-corrected chi connectivity index (χ0v) is 17.0. The smallest absolute Gasteiger partial charge is 0.251 e. The van der Waals surface area contributed by atoms with Crippen molar-refractivity contribution in [1.82, 2.24) is 15.8 Å². The Morgan fingerprint density at radius 3 is 2.77 bits per heavy atom. The molecule has 0 radical (unpaired) electrons. The predicted molar refractivity (Wildman–Crippen MR) is 117 cm³/mol. The first kappa shape index (κ1) is 19.8. The van der Waals surface area contributed by atoms with Crippen LogP contribution in [0.4, 0.5) is 17.3 Å². The van der Waals surface area contributed by atoms with Crippen LogP contribution in [0.2, 0.25) is 5.02 Å². The molecule has 9 heteroatoms. The molecule has 1 aliphatic heterocycles. The summed E-state index contributed by atoms with van der Waals surface area (Å²) >= 11 is 6.40. The third-order valence-electron chi connectivity index (χ3n) is 4.72. The van der Waals surface area contributed by atoms with Crippen molar-refractivity contribution < 1.29 is 9.53 Å². The Morgan fingerprint density at radius 2 is 2.00 bits per heavy atom. The molecule has 0 saturated heterocycles. The second kappa shape index (κ2) is 8.48. The van der Waals surface area contributed by atoms with Crippen molar-refractivity contribution in [1.29, 1.82) is 0 Å². The topological polar surface area (TPSA) is 113 Å². The molecule has 0 aliphatic carbocycles. The first-order valence-electron chi connectivity index (χ1n) is 9.36. The molecule has 0 fully saturated rings. The van der Waals surface area contributed by atoms with E-state index in [0.29, 0.717) is 33.7 Å². The van der Waals surface area contributed by atoms with E-state index in [1.807, 2.05) is 37.3 Å². The highest BCUT2D eigenvalue weighted by molar-refractivity contribution is 6.31. The van der Waals surface area contributed by atoms with E-state index >= 15 is 0 Å². The molecule has 1 amide bonds. The van der Waals surface area contributed by atoms with Crippen molar-refractivity contribution in [3.63, 3.8) is 0 Å². The molecule has 1 aliphatic rings. The Balaban J connectivity index is 1.43. The molecular weight excluding hydrogens is 404 g/mol. The SMILES string of the molecule is CC(NC(=O)c1ccc(COc2cc(N)nc3c2NNN3)c(Cl)c1)c1ccccc1. The van der Waals surface area contributed by atoms with Gasteiger partial charge in [-0.15, -0.1) is 5.53 Å². The van der Waals surface area contributed by atoms with Gasteiger partial charge in [0.05, 0.1) is 6.04 Å². The number of fused-ring (bicyclic) bond motifs is 1. The maximum Gasteiger partial charge on any atom is 0.251 e. The Hall–Kier alpha value is -3.49. The van der Waals surface area contributed by atoms with Gasteiger partial charge in [-0.25, -0.2) is 4.98 Å². The lowest BCUT2D eigenvalue weighted by molar-refractivity contribution is 0.0940. The standard InChI is InChI=1S/C21H21ClN6O2/c1-12(13-5-3-2-4-6-13)24-21(29)14-7-8-15(16(22)9-14)11-30-17-10-18(23)25-20-19(17)26-28-27-20/h2-10,12,26,28H,11H2,1H3,(H,24,29)(H3,23,25,27). The predicted octanol–water partition coefficient (Wildman–Crippen LogP) is 3.64. The number of nitrogens with two attached hydrogens (primary N) is 1. The van der Waals surface area contributed by atoms with Gasteiger partial charge in [-0.2, -0.15) is 0 Å². The van der Waals surface area contributed by atoms with Crippen molar-refractivity contribution in [3.05, 3.63) is 76.3 Å². The number of pyridine rings is 1. The average Bonchev–Trinajstić information content (AvgIpc) is 3.21. The summed E-state index contributed by atoms with van der Waals surface area (Å²) < 4.78 is 5.87. The van der Waals surface area contributed by atoms with Gasteiger partial charge in [0, 0.05) is 22.2 Å². The maximum absolute atomic E-state index is 12.6. The number of ether oxygens (including phenoxy) is 1. The Morgan fingerprint density at radius 1 is 1.20 bits per heavy atom. The number of amides is 1. The van der Waals surface area contributed by atoms with Crippen LogP contribution in [-0.4, -0.2) is 10.9 Å². The minimum absolute atomic E-state index is 0.116. The molecule has 1 atom stereocenters. The molecule has 2 heterocycles. The van der Waals surface area contributed by atoms with Crippen molar-refractivity contribution >= 4 is 34.8 Å². The summed E-state index contributed by atoms with van der Waals surface area (Å²) in [5, 5.41) is 3.42. The second-order valence-electron chi connectivity index (χ2n) is 6.84. The Labute approximate surface area is 178 Å². The molecular formula is C21H21ClN6O2. The van der Waals surface area contributed by atoms with Gasteiger partial charge in [-0.05, 0) is 24.6 Å². The molecule has 30 heavy (non-hydrogen) atoms. The van der Waals surface area contributed by atoms with E-state index in [4.69, 9.17) is 22.1 Å². The van der Waals surface area contributed by atoms with Crippen LogP contribution in [0.15, 0.2) is 54.6 Å². The van der Waals surface area contributed by atoms with E-state index in [1.165, 1.54) is 0 Å². The summed E-state index contributed by atoms with van der Waals surface area (Å²) in [5.74, 6) is 1.22. The largest absolute Gasteiger partial charge is 0.486 e. The third kappa shape index (κ3) is 4.24. The van der Waals surface area contributed by atoms with Gasteiger partial charge in [0.2, 0.25) is 0 Å². The molecule has 8 nitrogen and oxygen atoms in total. The number of nitrogen functional groups attached to an aromatic ring is 1. The number of carbonyl (C=O) groups excluding carboxylic acids is 1. The van der Waals surface area contributed by atoms with E-state index in [-0.39, 0.29) is 18.6 Å². The minimum atomic E-state index is -0.193. The molecule has 3 aromatic rings. The van der Waals surface area contributed by atoms with Crippen molar-refractivity contribution in [2.24, 2.45) is 0 Å². The zero-order valence-electron chi connectivity index (χ0n) is 16.2. The highest BCUT2D eigenvalue weighted by Crippen LogP contribution is 2.35. The lowest BCUT2D eigenvalue weighted by Gasteiger charge is -2.15. The van der Waals surface area contributed by atoms with Crippen LogP contribution in [0.25, 0.3) is 0 Å². The molecule has 0 spiro atoms. The molecule has 1 aromatic heterocycles. The Kier molecular flexibility index (Phi) is 5.60. The van der Waals surface area contributed by atoms with Crippen LogP contribution < -0.4 is 32.2 Å². The summed E-state index contributed by atoms with van der Waals surface area (Å²) in [6.45, 7) is 2.15. The molecule has 1 unspecified atom stereocenters. The van der Waals surface area contributed by atoms with Gasteiger partial charge in [0.1, 0.15) is 18.1 Å². The van der Waals surface area contributed by atoms with E-state index in [2.05, 4.69) is 26.7 Å². The lowest BCUT2D eigenvalue weighted by Crippen LogP contribution is -2.26. The van der Waals surface area contributed by atoms with Crippen LogP contribution in [0.5, 0.6) is 5.75 Å². The Bertz CT molecular complexity index is 1080. The molecule has 2 aromatic carbocycles. The number of hydrazine groups is 2. The number of rotatable bonds is 6. The first-order valence-corrected chi connectivity index (χ1v) is 9.73. The third-order valence-corrected chi connectivity index (χ3v) is 5.07. The number of aromatic nitrogens is 1. The van der Waals surface area contributed by atoms with E-state index in [0.717, 1.165) is 11.1 Å². The number of carbonyl (C=O) groups is 1. The fourth-order valence-electron chi connectivity index (χ4n) is 3.08. The van der Waals surface area contributed by atoms with Gasteiger partial charge in [-0.1, -0.05) is 48.0 Å². The monoisotopic (exact) mass is 424 g/mol. The fourth-order valence-corrected chi connectivity index (χ4v) is 3.32. The van der Waals surface area contributed by atoms with Gasteiger partial charge in [0.25, 0.3) is 5.91 Å². The number of hydrogen-bond donors (Lipinski definition) is 5. The molecule has 6 N–H and O–H groups in total. The van der Waals surface area contributed by atoms with Gasteiger partial charge in [-0.3, -0.25) is 15.6 Å². The molecule has 0 bridgehead atoms. The second-order valence-corrected chi connectivity index (χ2v) is 7.25. The number of hydrogen-bond acceptors (Lipinski definition) is 7. The van der Waals surface area contributed by atoms with Crippen LogP contribution in [0.1, 0.15) is 34.5 Å². The zero-order chi connectivity index (χ0) is 21.1. The summed E-state index contributed by atoms with van der Waals surface area (Å²) in [6, 6.07) is 16.4. The molecule has 4 rings (SSSR count). The minimum Gasteiger partial charge on any atom is -0.486 e. The normalized spacial score (nSPS) is 13.0. The lowest BCUT2D eigenvalue weighted by atomic mass is 10.1. The van der Waals surface area contributed by atoms with Crippen LogP contribution in [0, 0.1) is 0 Å². The number of nitrogens with one attached hydrogen (secondary N) is 4. The van der Waals surface area contributed by atoms with Crippen molar-refractivity contribution in [2.45, 2.75) is 19.6 Å². The quantitative estimate of drug-likeness (QED) is 0.410. The van der Waals surface area contributed by atoms with Gasteiger partial charge in [0.15, 0.2) is 11.6 Å². The van der Waals surface area contributed by atoms with E-state index < -0.39 is 0 Å². The number of nitrogens with zero attached hydrogens (tertiary/aromatic N) is 1. The number of halogens is 1.